The van der Waals surface area contributed by atoms with Crippen LogP contribution in [0.1, 0.15) is 49.0 Å². The predicted octanol–water partition coefficient (Wildman–Crippen LogP) is 3.51. The van der Waals surface area contributed by atoms with Crippen LogP contribution in [0.25, 0.3) is 0 Å². The highest BCUT2D eigenvalue weighted by Crippen LogP contribution is 2.46. The highest BCUT2D eigenvalue weighted by molar-refractivity contribution is 9.10. The minimum atomic E-state index is -0.409. The van der Waals surface area contributed by atoms with Gasteiger partial charge >= 0.3 is 0 Å². The molecule has 1 aromatic rings. The summed E-state index contributed by atoms with van der Waals surface area (Å²) in [4.78, 5) is 26.6. The maximum atomic E-state index is 12.6. The quantitative estimate of drug-likeness (QED) is 0.680. The second kappa shape index (κ2) is 4.42. The molecule has 0 spiro atoms. The number of rotatable bonds is 0. The third-order valence-corrected chi connectivity index (χ3v) is 4.90. The molecule has 3 rings (SSSR count). The van der Waals surface area contributed by atoms with Crippen molar-refractivity contribution in [2.45, 2.75) is 37.9 Å². The van der Waals surface area contributed by atoms with E-state index < -0.39 is 5.41 Å². The lowest BCUT2D eigenvalue weighted by Gasteiger charge is -2.26. The normalized spacial score (nSPS) is 24.8. The van der Waals surface area contributed by atoms with Gasteiger partial charge in [0, 0.05) is 29.1 Å². The molecule has 0 aromatic heterocycles. The first-order valence-corrected chi connectivity index (χ1v) is 7.85. The van der Waals surface area contributed by atoms with Crippen LogP contribution in [0.4, 0.5) is 5.69 Å². The van der Waals surface area contributed by atoms with E-state index >= 15 is 0 Å². The fourth-order valence-corrected chi connectivity index (χ4v) is 3.86. The third kappa shape index (κ3) is 1.93. The number of alkyl halides is 1. The first kappa shape index (κ1) is 13.8. The van der Waals surface area contributed by atoms with Gasteiger partial charge in [-0.3, -0.25) is 9.59 Å². The molecule has 0 radical (unpaired) electrons. The molecule has 3 nitrogen and oxygen atoms in total. The molecule has 20 heavy (non-hydrogen) atoms. The Morgan fingerprint density at radius 3 is 2.70 bits per heavy atom. The second-order valence-electron chi connectivity index (χ2n) is 6.67. The smallest absolute Gasteiger partial charge is 0.232 e. The van der Waals surface area contributed by atoms with Crippen molar-refractivity contribution in [2.75, 3.05) is 11.4 Å². The van der Waals surface area contributed by atoms with Crippen LogP contribution >= 0.6 is 15.9 Å². The molecule has 0 fully saturated rings. The van der Waals surface area contributed by atoms with E-state index in [1.165, 1.54) is 0 Å². The van der Waals surface area contributed by atoms with Crippen LogP contribution in [0.2, 0.25) is 0 Å². The van der Waals surface area contributed by atoms with E-state index in [-0.39, 0.29) is 22.4 Å². The Morgan fingerprint density at radius 2 is 2.05 bits per heavy atom. The molecule has 106 valence electrons. The largest absolute Gasteiger partial charge is 0.311 e. The van der Waals surface area contributed by atoms with Gasteiger partial charge in [-0.2, -0.15) is 0 Å². The molecule has 2 unspecified atom stereocenters. The first-order chi connectivity index (χ1) is 9.30. The van der Waals surface area contributed by atoms with E-state index in [0.29, 0.717) is 6.54 Å². The molecule has 1 aromatic carbocycles. The van der Waals surface area contributed by atoms with Crippen molar-refractivity contribution in [1.29, 1.82) is 0 Å². The summed E-state index contributed by atoms with van der Waals surface area (Å²) in [5.74, 6) is 0.539. The molecular weight excluding hydrogens is 318 g/mol. The SMILES string of the molecule is CC(C)(C)C(=O)N1CC2CC(Br)C(=O)c3cccc1c32. The molecule has 4 heteroatoms. The Morgan fingerprint density at radius 1 is 1.35 bits per heavy atom. The molecule has 0 saturated heterocycles. The summed E-state index contributed by atoms with van der Waals surface area (Å²) in [6.07, 6.45) is 0.775. The van der Waals surface area contributed by atoms with Crippen LogP contribution in [-0.4, -0.2) is 23.1 Å². The van der Waals surface area contributed by atoms with Crippen LogP contribution in [0, 0.1) is 5.41 Å². The Kier molecular flexibility index (Phi) is 3.05. The van der Waals surface area contributed by atoms with Crippen LogP contribution < -0.4 is 4.90 Å². The number of halogens is 1. The van der Waals surface area contributed by atoms with Gasteiger partial charge in [-0.15, -0.1) is 0 Å². The molecule has 1 heterocycles. The second-order valence-corrected chi connectivity index (χ2v) is 7.77. The molecule has 1 amide bonds. The maximum Gasteiger partial charge on any atom is 0.232 e. The van der Waals surface area contributed by atoms with Gasteiger partial charge in [0.2, 0.25) is 5.91 Å². The Balaban J connectivity index is 2.10. The maximum absolute atomic E-state index is 12.6. The van der Waals surface area contributed by atoms with Gasteiger partial charge in [0.25, 0.3) is 0 Å². The lowest BCUT2D eigenvalue weighted by atomic mass is 9.83. The number of Topliss-reactive ketones (excluding diaryl/α,β-unsaturated/α-hetero) is 1. The minimum Gasteiger partial charge on any atom is -0.311 e. The summed E-state index contributed by atoms with van der Waals surface area (Å²) in [6, 6.07) is 5.72. The zero-order valence-electron chi connectivity index (χ0n) is 11.9. The first-order valence-electron chi connectivity index (χ1n) is 6.94. The summed E-state index contributed by atoms with van der Waals surface area (Å²) in [7, 11) is 0. The van der Waals surface area contributed by atoms with Crippen molar-refractivity contribution in [3.63, 3.8) is 0 Å². The summed E-state index contributed by atoms with van der Waals surface area (Å²) in [5.41, 5.74) is 2.38. The van der Waals surface area contributed by atoms with Crippen molar-refractivity contribution < 1.29 is 9.59 Å². The monoisotopic (exact) mass is 335 g/mol. The molecule has 1 aliphatic heterocycles. The highest BCUT2D eigenvalue weighted by atomic mass is 79.9. The number of amides is 1. The Hall–Kier alpha value is -1.16. The average Bonchev–Trinajstić information content (AvgIpc) is 2.74. The van der Waals surface area contributed by atoms with Crippen molar-refractivity contribution in [2.24, 2.45) is 5.41 Å². The Labute approximate surface area is 127 Å². The molecule has 2 aliphatic rings. The van der Waals surface area contributed by atoms with E-state index in [1.807, 2.05) is 43.9 Å². The lowest BCUT2D eigenvalue weighted by molar-refractivity contribution is -0.125. The lowest BCUT2D eigenvalue weighted by Crippen LogP contribution is -2.39. The van der Waals surface area contributed by atoms with E-state index in [2.05, 4.69) is 15.9 Å². The number of ketones is 1. The van der Waals surface area contributed by atoms with Gasteiger partial charge in [0.15, 0.2) is 5.78 Å². The number of hydrogen-bond acceptors (Lipinski definition) is 2. The number of carbonyl (C=O) groups excluding carboxylic acids is 2. The van der Waals surface area contributed by atoms with Crippen molar-refractivity contribution >= 4 is 33.3 Å². The summed E-state index contributed by atoms with van der Waals surface area (Å²) < 4.78 is 0. The standard InChI is InChI=1S/C16H18BrNO2/c1-16(2,3)15(20)18-8-9-7-11(17)14(19)10-5-4-6-12(18)13(9)10/h4-6,9,11H,7-8H2,1-3H3. The predicted molar refractivity (Wildman–Crippen MR) is 82.7 cm³/mol. The van der Waals surface area contributed by atoms with Gasteiger partial charge in [-0.05, 0) is 18.1 Å². The average molecular weight is 336 g/mol. The number of carbonyl (C=O) groups is 2. The topological polar surface area (TPSA) is 37.4 Å². The third-order valence-electron chi connectivity index (χ3n) is 4.11. The van der Waals surface area contributed by atoms with Gasteiger partial charge in [0.05, 0.1) is 4.83 Å². The zero-order valence-corrected chi connectivity index (χ0v) is 13.5. The zero-order chi connectivity index (χ0) is 14.7. The molecule has 1 aliphatic carbocycles. The number of anilines is 1. The molecule has 0 bridgehead atoms. The van der Waals surface area contributed by atoms with Crippen LogP contribution in [0.15, 0.2) is 18.2 Å². The minimum absolute atomic E-state index is 0.124. The number of hydrogen-bond donors (Lipinski definition) is 0. The summed E-state index contributed by atoms with van der Waals surface area (Å²) >= 11 is 3.47. The van der Waals surface area contributed by atoms with Crippen molar-refractivity contribution in [1.82, 2.24) is 0 Å². The van der Waals surface area contributed by atoms with Crippen molar-refractivity contribution in [3.8, 4) is 0 Å². The van der Waals surface area contributed by atoms with E-state index in [0.717, 1.165) is 23.2 Å². The summed E-state index contributed by atoms with van der Waals surface area (Å²) in [6.45, 7) is 6.50. The highest BCUT2D eigenvalue weighted by Gasteiger charge is 2.43. The van der Waals surface area contributed by atoms with Crippen LogP contribution in [0.5, 0.6) is 0 Å². The van der Waals surface area contributed by atoms with E-state index in [9.17, 15) is 9.59 Å². The van der Waals surface area contributed by atoms with Gasteiger partial charge < -0.3 is 4.90 Å². The van der Waals surface area contributed by atoms with E-state index in [4.69, 9.17) is 0 Å². The molecular formula is C16H18BrNO2. The fourth-order valence-electron chi connectivity index (χ4n) is 3.16. The van der Waals surface area contributed by atoms with Crippen LogP contribution in [0.3, 0.4) is 0 Å². The van der Waals surface area contributed by atoms with Gasteiger partial charge in [0.1, 0.15) is 0 Å². The van der Waals surface area contributed by atoms with Gasteiger partial charge in [-0.1, -0.05) is 48.8 Å². The Bertz CT molecular complexity index is 603. The van der Waals surface area contributed by atoms with E-state index in [1.54, 1.807) is 0 Å². The molecule has 2 atom stereocenters. The fraction of sp³-hybridized carbons (Fsp3) is 0.500. The molecule has 0 saturated carbocycles. The van der Waals surface area contributed by atoms with Crippen LogP contribution in [-0.2, 0) is 4.79 Å². The van der Waals surface area contributed by atoms with Gasteiger partial charge in [-0.25, -0.2) is 0 Å². The molecule has 0 N–H and O–H groups in total. The van der Waals surface area contributed by atoms with Crippen molar-refractivity contribution in [3.05, 3.63) is 29.3 Å². The summed E-state index contributed by atoms with van der Waals surface area (Å²) in [5, 5.41) is 0. The number of nitrogens with zero attached hydrogens (tertiary/aromatic N) is 1. The number of benzene rings is 1.